The largest absolute Gasteiger partial charge is 0.459 e. The number of amides is 1. The van der Waals surface area contributed by atoms with E-state index in [1.54, 1.807) is 0 Å². The fourth-order valence-electron chi connectivity index (χ4n) is 2.91. The van der Waals surface area contributed by atoms with Gasteiger partial charge in [-0.15, -0.1) is 0 Å². The van der Waals surface area contributed by atoms with Crippen LogP contribution in [0.2, 0.25) is 0 Å². The zero-order valence-electron chi connectivity index (χ0n) is 13.7. The summed E-state index contributed by atoms with van der Waals surface area (Å²) in [5.41, 5.74) is 0.843. The number of para-hydroxylation sites is 1. The number of ether oxygens (including phenoxy) is 2. The number of fused-ring (bicyclic) bond motifs is 1. The Bertz CT molecular complexity index is 627. The molecule has 124 valence electrons. The quantitative estimate of drug-likeness (QED) is 0.850. The van der Waals surface area contributed by atoms with E-state index in [1.165, 1.54) is 0 Å². The fraction of sp³-hybridized carbons (Fsp3) is 0.500. The van der Waals surface area contributed by atoms with Crippen LogP contribution in [0.25, 0.3) is 11.0 Å². The second-order valence-electron chi connectivity index (χ2n) is 5.83. The standard InChI is InChI=1S/C18H23NO4/c1-3-8-19(18(20)17-12-21-9-10-22-17)13(2)16-11-14-6-4-5-7-15(14)23-16/h4-7,11,13,17H,3,8-10,12H2,1-2H3. The predicted molar refractivity (Wildman–Crippen MR) is 87.2 cm³/mol. The summed E-state index contributed by atoms with van der Waals surface area (Å²) < 4.78 is 16.9. The molecule has 0 saturated carbocycles. The molecule has 0 radical (unpaired) electrons. The van der Waals surface area contributed by atoms with Gasteiger partial charge >= 0.3 is 0 Å². The van der Waals surface area contributed by atoms with Gasteiger partial charge in [-0.25, -0.2) is 0 Å². The number of hydrogen-bond donors (Lipinski definition) is 0. The van der Waals surface area contributed by atoms with Gasteiger partial charge in [0.15, 0.2) is 6.10 Å². The average molecular weight is 317 g/mol. The van der Waals surface area contributed by atoms with E-state index in [0.29, 0.717) is 26.4 Å². The van der Waals surface area contributed by atoms with Gasteiger partial charge < -0.3 is 18.8 Å². The Morgan fingerprint density at radius 3 is 2.87 bits per heavy atom. The molecule has 1 aliphatic heterocycles. The predicted octanol–water partition coefficient (Wildman–Crippen LogP) is 3.15. The maximum atomic E-state index is 12.8. The summed E-state index contributed by atoms with van der Waals surface area (Å²) in [7, 11) is 0. The summed E-state index contributed by atoms with van der Waals surface area (Å²) in [6.45, 7) is 6.06. The number of nitrogens with zero attached hydrogens (tertiary/aromatic N) is 1. The lowest BCUT2D eigenvalue weighted by Gasteiger charge is -2.32. The van der Waals surface area contributed by atoms with Gasteiger partial charge in [-0.1, -0.05) is 25.1 Å². The van der Waals surface area contributed by atoms with E-state index < -0.39 is 6.10 Å². The fourth-order valence-corrected chi connectivity index (χ4v) is 2.91. The molecule has 2 aromatic rings. The molecular weight excluding hydrogens is 294 g/mol. The summed E-state index contributed by atoms with van der Waals surface area (Å²) in [4.78, 5) is 14.6. The lowest BCUT2D eigenvalue weighted by Crippen LogP contribution is -2.46. The van der Waals surface area contributed by atoms with Crippen LogP contribution >= 0.6 is 0 Å². The van der Waals surface area contributed by atoms with Crippen molar-refractivity contribution in [3.63, 3.8) is 0 Å². The molecule has 5 nitrogen and oxygen atoms in total. The van der Waals surface area contributed by atoms with E-state index in [0.717, 1.165) is 23.2 Å². The van der Waals surface area contributed by atoms with E-state index in [2.05, 4.69) is 6.92 Å². The molecule has 1 saturated heterocycles. The number of carbonyl (C=O) groups is 1. The Hall–Kier alpha value is -1.85. The molecule has 5 heteroatoms. The first-order chi connectivity index (χ1) is 11.2. The van der Waals surface area contributed by atoms with Crippen molar-refractivity contribution >= 4 is 16.9 Å². The number of furan rings is 1. The molecule has 2 heterocycles. The Morgan fingerprint density at radius 1 is 1.35 bits per heavy atom. The topological polar surface area (TPSA) is 51.9 Å². The minimum absolute atomic E-state index is 0.0282. The van der Waals surface area contributed by atoms with Crippen molar-refractivity contribution in [2.75, 3.05) is 26.4 Å². The number of carbonyl (C=O) groups excluding carboxylic acids is 1. The van der Waals surface area contributed by atoms with Gasteiger partial charge in [0.1, 0.15) is 11.3 Å². The SMILES string of the molecule is CCCN(C(=O)C1COCCO1)C(C)c1cc2ccccc2o1. The minimum Gasteiger partial charge on any atom is -0.459 e. The van der Waals surface area contributed by atoms with Crippen LogP contribution in [0, 0.1) is 0 Å². The molecule has 0 N–H and O–H groups in total. The molecule has 23 heavy (non-hydrogen) atoms. The highest BCUT2D eigenvalue weighted by atomic mass is 16.6. The van der Waals surface area contributed by atoms with Gasteiger partial charge in [0.25, 0.3) is 5.91 Å². The summed E-state index contributed by atoms with van der Waals surface area (Å²) >= 11 is 0. The van der Waals surface area contributed by atoms with Gasteiger partial charge in [0.05, 0.1) is 25.9 Å². The van der Waals surface area contributed by atoms with E-state index in [9.17, 15) is 4.79 Å². The average Bonchev–Trinajstić information content (AvgIpc) is 3.03. The smallest absolute Gasteiger partial charge is 0.254 e. The molecule has 0 spiro atoms. The lowest BCUT2D eigenvalue weighted by atomic mass is 10.1. The first-order valence-corrected chi connectivity index (χ1v) is 8.19. The van der Waals surface area contributed by atoms with Crippen LogP contribution in [0.5, 0.6) is 0 Å². The molecule has 2 atom stereocenters. The summed E-state index contributed by atoms with van der Waals surface area (Å²) in [6.07, 6.45) is 0.367. The first-order valence-electron chi connectivity index (χ1n) is 8.19. The van der Waals surface area contributed by atoms with Crippen molar-refractivity contribution in [1.29, 1.82) is 0 Å². The molecule has 1 aromatic carbocycles. The van der Waals surface area contributed by atoms with Crippen LogP contribution in [0.15, 0.2) is 34.7 Å². The van der Waals surface area contributed by atoms with Crippen molar-refractivity contribution in [2.45, 2.75) is 32.4 Å². The van der Waals surface area contributed by atoms with Gasteiger partial charge in [-0.05, 0) is 25.5 Å². The molecule has 0 aliphatic carbocycles. The molecular formula is C18H23NO4. The molecule has 1 fully saturated rings. The molecule has 2 unspecified atom stereocenters. The highest BCUT2D eigenvalue weighted by Crippen LogP contribution is 2.28. The maximum Gasteiger partial charge on any atom is 0.254 e. The Morgan fingerprint density at radius 2 is 2.17 bits per heavy atom. The van der Waals surface area contributed by atoms with Crippen molar-refractivity contribution in [3.8, 4) is 0 Å². The van der Waals surface area contributed by atoms with Crippen LogP contribution in [0.1, 0.15) is 32.1 Å². The van der Waals surface area contributed by atoms with E-state index in [1.807, 2.05) is 42.2 Å². The monoisotopic (exact) mass is 317 g/mol. The highest BCUT2D eigenvalue weighted by Gasteiger charge is 2.31. The Kier molecular flexibility index (Phi) is 4.98. The third-order valence-corrected chi connectivity index (χ3v) is 4.16. The normalized spacial score (nSPS) is 19.7. The van der Waals surface area contributed by atoms with Gasteiger partial charge in [-0.2, -0.15) is 0 Å². The maximum absolute atomic E-state index is 12.8. The van der Waals surface area contributed by atoms with E-state index in [-0.39, 0.29) is 11.9 Å². The van der Waals surface area contributed by atoms with Gasteiger partial charge in [-0.3, -0.25) is 4.79 Å². The molecule has 3 rings (SSSR count). The Balaban J connectivity index is 1.82. The van der Waals surface area contributed by atoms with Crippen LogP contribution in [-0.4, -0.2) is 43.3 Å². The zero-order chi connectivity index (χ0) is 16.2. The van der Waals surface area contributed by atoms with E-state index >= 15 is 0 Å². The minimum atomic E-state index is -0.512. The number of benzene rings is 1. The summed E-state index contributed by atoms with van der Waals surface area (Å²) in [6, 6.07) is 9.75. The molecule has 1 aromatic heterocycles. The van der Waals surface area contributed by atoms with Crippen molar-refractivity contribution in [2.24, 2.45) is 0 Å². The van der Waals surface area contributed by atoms with Crippen molar-refractivity contribution in [3.05, 3.63) is 36.1 Å². The zero-order valence-corrected chi connectivity index (χ0v) is 13.7. The summed E-state index contributed by atoms with van der Waals surface area (Å²) in [5, 5.41) is 1.05. The molecule has 1 aliphatic rings. The van der Waals surface area contributed by atoms with Crippen molar-refractivity contribution < 1.29 is 18.7 Å². The second kappa shape index (κ2) is 7.15. The van der Waals surface area contributed by atoms with E-state index in [4.69, 9.17) is 13.9 Å². The van der Waals surface area contributed by atoms with Gasteiger partial charge in [0.2, 0.25) is 0 Å². The van der Waals surface area contributed by atoms with Crippen molar-refractivity contribution in [1.82, 2.24) is 4.90 Å². The molecule has 1 amide bonds. The highest BCUT2D eigenvalue weighted by molar-refractivity contribution is 5.82. The molecule has 0 bridgehead atoms. The van der Waals surface area contributed by atoms with Crippen LogP contribution < -0.4 is 0 Å². The third-order valence-electron chi connectivity index (χ3n) is 4.16. The lowest BCUT2D eigenvalue weighted by molar-refractivity contribution is -0.160. The third kappa shape index (κ3) is 3.41. The summed E-state index contributed by atoms with van der Waals surface area (Å²) in [5.74, 6) is 0.768. The van der Waals surface area contributed by atoms with Crippen LogP contribution in [0.3, 0.4) is 0 Å². The van der Waals surface area contributed by atoms with Crippen LogP contribution in [0.4, 0.5) is 0 Å². The second-order valence-corrected chi connectivity index (χ2v) is 5.83. The first kappa shape index (κ1) is 16.0. The number of hydrogen-bond acceptors (Lipinski definition) is 4. The van der Waals surface area contributed by atoms with Crippen LogP contribution in [-0.2, 0) is 14.3 Å². The Labute approximate surface area is 136 Å². The van der Waals surface area contributed by atoms with Gasteiger partial charge in [0, 0.05) is 11.9 Å². The number of rotatable bonds is 5.